The molecule has 1 N–H and O–H groups in total. The normalized spacial score (nSPS) is 17.4. The Morgan fingerprint density at radius 3 is 2.47 bits per heavy atom. The molecule has 1 aliphatic heterocycles. The molecule has 0 aliphatic carbocycles. The first-order chi connectivity index (χ1) is 8.88. The zero-order chi connectivity index (χ0) is 14.0. The molecule has 1 aromatic rings. The highest BCUT2D eigenvalue weighted by molar-refractivity contribution is 7.88. The SMILES string of the molecule is CS(=O)(=O)N1CCN(c2cc(C(=O)O)ccn2)CC1. The Bertz CT molecular complexity index is 579. The maximum Gasteiger partial charge on any atom is 0.335 e. The molecule has 0 unspecified atom stereocenters. The number of rotatable bonds is 3. The van der Waals surface area contributed by atoms with Crippen LogP contribution in [0.2, 0.25) is 0 Å². The van der Waals surface area contributed by atoms with Gasteiger partial charge >= 0.3 is 5.97 Å². The Balaban J connectivity index is 2.10. The van der Waals surface area contributed by atoms with E-state index in [0.717, 1.165) is 0 Å². The van der Waals surface area contributed by atoms with Gasteiger partial charge in [0.1, 0.15) is 5.82 Å². The van der Waals surface area contributed by atoms with Crippen LogP contribution in [0.15, 0.2) is 18.3 Å². The van der Waals surface area contributed by atoms with Crippen LogP contribution in [0.25, 0.3) is 0 Å². The second kappa shape index (κ2) is 5.14. The summed E-state index contributed by atoms with van der Waals surface area (Å²) >= 11 is 0. The van der Waals surface area contributed by atoms with Crippen LogP contribution in [0.1, 0.15) is 10.4 Å². The number of carboxylic acids is 1. The Hall–Kier alpha value is -1.67. The minimum atomic E-state index is -3.16. The van der Waals surface area contributed by atoms with E-state index in [4.69, 9.17) is 5.11 Å². The van der Waals surface area contributed by atoms with Gasteiger partial charge in [0.05, 0.1) is 11.8 Å². The summed E-state index contributed by atoms with van der Waals surface area (Å²) in [5.41, 5.74) is 0.176. The number of anilines is 1. The number of pyridine rings is 1. The van der Waals surface area contributed by atoms with Crippen molar-refractivity contribution in [2.45, 2.75) is 0 Å². The first-order valence-corrected chi connectivity index (χ1v) is 7.62. The third kappa shape index (κ3) is 3.21. The topological polar surface area (TPSA) is 90.8 Å². The van der Waals surface area contributed by atoms with Crippen molar-refractivity contribution in [3.05, 3.63) is 23.9 Å². The molecule has 7 nitrogen and oxygen atoms in total. The molecule has 1 fully saturated rings. The summed E-state index contributed by atoms with van der Waals surface area (Å²) in [7, 11) is -3.16. The smallest absolute Gasteiger partial charge is 0.335 e. The van der Waals surface area contributed by atoms with Gasteiger partial charge in [-0.2, -0.15) is 4.31 Å². The average molecular weight is 285 g/mol. The second-order valence-electron chi connectivity index (χ2n) is 4.36. The number of hydrogen-bond donors (Lipinski definition) is 1. The number of sulfonamides is 1. The van der Waals surface area contributed by atoms with Crippen molar-refractivity contribution in [3.63, 3.8) is 0 Å². The van der Waals surface area contributed by atoms with E-state index in [9.17, 15) is 13.2 Å². The fourth-order valence-corrected chi connectivity index (χ4v) is 2.80. The molecule has 8 heteroatoms. The van der Waals surface area contributed by atoms with Crippen LogP contribution in [0.3, 0.4) is 0 Å². The molecule has 1 saturated heterocycles. The summed E-state index contributed by atoms with van der Waals surface area (Å²) in [5, 5.41) is 8.92. The largest absolute Gasteiger partial charge is 0.478 e. The third-order valence-corrected chi connectivity index (χ3v) is 4.33. The molecule has 0 bridgehead atoms. The van der Waals surface area contributed by atoms with Crippen molar-refractivity contribution in [2.24, 2.45) is 0 Å². The van der Waals surface area contributed by atoms with E-state index in [2.05, 4.69) is 4.98 Å². The fourth-order valence-electron chi connectivity index (χ4n) is 1.97. The summed E-state index contributed by atoms with van der Waals surface area (Å²) in [4.78, 5) is 16.9. The van der Waals surface area contributed by atoms with Crippen LogP contribution in [0, 0.1) is 0 Å². The van der Waals surface area contributed by atoms with Gasteiger partial charge in [-0.05, 0) is 12.1 Å². The van der Waals surface area contributed by atoms with Crippen LogP contribution < -0.4 is 4.90 Å². The molecule has 0 aromatic carbocycles. The molecule has 0 radical (unpaired) electrons. The number of aromatic carboxylic acids is 1. The van der Waals surface area contributed by atoms with Crippen molar-refractivity contribution in [3.8, 4) is 0 Å². The molecule has 2 rings (SSSR count). The van der Waals surface area contributed by atoms with Gasteiger partial charge in [0, 0.05) is 32.4 Å². The third-order valence-electron chi connectivity index (χ3n) is 3.02. The molecule has 1 aromatic heterocycles. The van der Waals surface area contributed by atoms with Crippen molar-refractivity contribution in [1.29, 1.82) is 0 Å². The minimum Gasteiger partial charge on any atom is -0.478 e. The fraction of sp³-hybridized carbons (Fsp3) is 0.455. The molecule has 0 amide bonds. The zero-order valence-corrected chi connectivity index (χ0v) is 11.3. The number of carbonyl (C=O) groups is 1. The quantitative estimate of drug-likeness (QED) is 0.831. The maximum atomic E-state index is 11.4. The van der Waals surface area contributed by atoms with Gasteiger partial charge in [0.25, 0.3) is 0 Å². The highest BCUT2D eigenvalue weighted by Gasteiger charge is 2.24. The summed E-state index contributed by atoms with van der Waals surface area (Å²) in [6, 6.07) is 2.93. The van der Waals surface area contributed by atoms with Crippen molar-refractivity contribution in [2.75, 3.05) is 37.3 Å². The first kappa shape index (κ1) is 13.8. The molecule has 0 atom stereocenters. The van der Waals surface area contributed by atoms with Gasteiger partial charge in [-0.15, -0.1) is 0 Å². The first-order valence-electron chi connectivity index (χ1n) is 5.77. The number of nitrogens with zero attached hydrogens (tertiary/aromatic N) is 3. The molecular formula is C11H15N3O4S. The summed E-state index contributed by atoms with van der Waals surface area (Å²) in [5.74, 6) is -0.438. The van der Waals surface area contributed by atoms with Gasteiger partial charge in [-0.3, -0.25) is 0 Å². The Labute approximate surface area is 111 Å². The molecule has 104 valence electrons. The molecule has 1 aliphatic rings. The van der Waals surface area contributed by atoms with Crippen LogP contribution in [-0.2, 0) is 10.0 Å². The number of piperazine rings is 1. The monoisotopic (exact) mass is 285 g/mol. The Morgan fingerprint density at radius 1 is 1.32 bits per heavy atom. The highest BCUT2D eigenvalue weighted by atomic mass is 32.2. The molecule has 0 saturated carbocycles. The van der Waals surface area contributed by atoms with Crippen LogP contribution in [-0.4, -0.2) is 61.2 Å². The van der Waals surface area contributed by atoms with E-state index in [1.165, 1.54) is 28.9 Å². The Morgan fingerprint density at radius 2 is 1.95 bits per heavy atom. The second-order valence-corrected chi connectivity index (χ2v) is 6.34. The average Bonchev–Trinajstić information content (AvgIpc) is 2.38. The molecule has 0 spiro atoms. The Kier molecular flexibility index (Phi) is 3.72. The van der Waals surface area contributed by atoms with Gasteiger partial charge < -0.3 is 10.0 Å². The zero-order valence-electron chi connectivity index (χ0n) is 10.5. The van der Waals surface area contributed by atoms with Gasteiger partial charge in [-0.1, -0.05) is 0 Å². The minimum absolute atomic E-state index is 0.176. The van der Waals surface area contributed by atoms with Crippen LogP contribution in [0.5, 0.6) is 0 Å². The number of carboxylic acid groups (broad SMARTS) is 1. The van der Waals surface area contributed by atoms with Crippen molar-refractivity contribution in [1.82, 2.24) is 9.29 Å². The van der Waals surface area contributed by atoms with Gasteiger partial charge in [0.15, 0.2) is 0 Å². The van der Waals surface area contributed by atoms with Crippen LogP contribution in [0.4, 0.5) is 5.82 Å². The lowest BCUT2D eigenvalue weighted by Gasteiger charge is -2.34. The van der Waals surface area contributed by atoms with E-state index in [1.54, 1.807) is 0 Å². The summed E-state index contributed by atoms with van der Waals surface area (Å²) in [6.45, 7) is 1.78. The number of hydrogen-bond acceptors (Lipinski definition) is 5. The van der Waals surface area contributed by atoms with E-state index in [0.29, 0.717) is 32.0 Å². The van der Waals surface area contributed by atoms with E-state index >= 15 is 0 Å². The highest BCUT2D eigenvalue weighted by Crippen LogP contribution is 2.16. The number of aromatic nitrogens is 1. The van der Waals surface area contributed by atoms with E-state index < -0.39 is 16.0 Å². The van der Waals surface area contributed by atoms with Crippen molar-refractivity contribution < 1.29 is 18.3 Å². The van der Waals surface area contributed by atoms with Gasteiger partial charge in [0.2, 0.25) is 10.0 Å². The maximum absolute atomic E-state index is 11.4. The molecule has 19 heavy (non-hydrogen) atoms. The summed E-state index contributed by atoms with van der Waals surface area (Å²) in [6.07, 6.45) is 2.63. The molecular weight excluding hydrogens is 270 g/mol. The lowest BCUT2D eigenvalue weighted by Crippen LogP contribution is -2.48. The lowest BCUT2D eigenvalue weighted by atomic mass is 10.2. The molecule has 2 heterocycles. The van der Waals surface area contributed by atoms with Crippen LogP contribution >= 0.6 is 0 Å². The predicted molar refractivity (Wildman–Crippen MR) is 69.8 cm³/mol. The van der Waals surface area contributed by atoms with Gasteiger partial charge in [-0.25, -0.2) is 18.2 Å². The van der Waals surface area contributed by atoms with Crippen molar-refractivity contribution >= 4 is 21.8 Å². The lowest BCUT2D eigenvalue weighted by molar-refractivity contribution is 0.0696. The van der Waals surface area contributed by atoms with E-state index in [1.807, 2.05) is 4.90 Å². The standard InChI is InChI=1S/C11H15N3O4S/c1-19(17,18)14-6-4-13(5-7-14)10-8-9(11(15)16)2-3-12-10/h2-3,8H,4-7H2,1H3,(H,15,16). The summed E-state index contributed by atoms with van der Waals surface area (Å²) < 4.78 is 24.2. The predicted octanol–water partition coefficient (Wildman–Crippen LogP) is -0.139. The van der Waals surface area contributed by atoms with E-state index in [-0.39, 0.29) is 5.56 Å².